The number of hydrogen-bond acceptors (Lipinski definition) is 6. The van der Waals surface area contributed by atoms with E-state index in [9.17, 15) is 14.7 Å². The summed E-state index contributed by atoms with van der Waals surface area (Å²) in [5.41, 5.74) is -0.716. The minimum absolute atomic E-state index is 0.0799. The highest BCUT2D eigenvalue weighted by Gasteiger charge is 2.55. The minimum Gasteiger partial charge on any atom is -0.477 e. The summed E-state index contributed by atoms with van der Waals surface area (Å²) in [5.74, 6) is 1.72. The van der Waals surface area contributed by atoms with Crippen LogP contribution in [0.1, 0.15) is 70.2 Å². The Bertz CT molecular complexity index is 999. The van der Waals surface area contributed by atoms with Crippen LogP contribution in [-0.2, 0) is 4.74 Å². The van der Waals surface area contributed by atoms with Gasteiger partial charge in [-0.25, -0.2) is 9.48 Å². The van der Waals surface area contributed by atoms with E-state index in [1.807, 2.05) is 19.9 Å². The summed E-state index contributed by atoms with van der Waals surface area (Å²) in [4.78, 5) is 27.1. The molecule has 2 heterocycles. The van der Waals surface area contributed by atoms with Gasteiger partial charge in [0.05, 0.1) is 30.5 Å². The summed E-state index contributed by atoms with van der Waals surface area (Å²) in [6, 6.07) is 0.0799. The number of ether oxygens (including phenoxy) is 2. The van der Waals surface area contributed by atoms with Gasteiger partial charge in [-0.2, -0.15) is 5.10 Å². The molecule has 9 heteroatoms. The molecule has 1 saturated heterocycles. The Labute approximate surface area is 206 Å². The van der Waals surface area contributed by atoms with Gasteiger partial charge in [-0.05, 0) is 75.7 Å². The first kappa shape index (κ1) is 24.2. The number of rotatable bonds is 8. The molecule has 0 radical (unpaired) electrons. The first-order valence-electron chi connectivity index (χ1n) is 12.9. The SMILES string of the molecule is CC(C)COc1c(C(=O)NC2C3CC4CC2CC(O)(C4)C3)cnn1C=CC(C)(C)N1CCOC1=O. The molecule has 1 aliphatic heterocycles. The van der Waals surface area contributed by atoms with Gasteiger partial charge in [0.15, 0.2) is 0 Å². The molecule has 0 aromatic carbocycles. The Morgan fingerprint density at radius 2 is 2.06 bits per heavy atom. The topological polar surface area (TPSA) is 106 Å². The maximum atomic E-state index is 13.4. The van der Waals surface area contributed by atoms with Crippen molar-refractivity contribution in [1.29, 1.82) is 0 Å². The van der Waals surface area contributed by atoms with E-state index in [4.69, 9.17) is 9.47 Å². The van der Waals surface area contributed by atoms with Crippen LogP contribution in [0.15, 0.2) is 12.3 Å². The monoisotopic (exact) mass is 486 g/mol. The van der Waals surface area contributed by atoms with Gasteiger partial charge in [0.1, 0.15) is 12.2 Å². The van der Waals surface area contributed by atoms with Crippen molar-refractivity contribution in [3.63, 3.8) is 0 Å². The van der Waals surface area contributed by atoms with E-state index in [0.717, 1.165) is 32.1 Å². The molecule has 4 bridgehead atoms. The molecule has 4 aliphatic carbocycles. The second-order valence-corrected chi connectivity index (χ2v) is 11.9. The third kappa shape index (κ3) is 4.67. The molecule has 5 aliphatic rings. The first-order valence-corrected chi connectivity index (χ1v) is 12.9. The third-order valence-corrected chi connectivity index (χ3v) is 8.17. The molecule has 9 nitrogen and oxygen atoms in total. The van der Waals surface area contributed by atoms with Gasteiger partial charge in [0.25, 0.3) is 5.91 Å². The van der Waals surface area contributed by atoms with Crippen molar-refractivity contribution < 1.29 is 24.2 Å². The van der Waals surface area contributed by atoms with Gasteiger partial charge in [-0.3, -0.25) is 9.69 Å². The Kier molecular flexibility index (Phi) is 6.10. The van der Waals surface area contributed by atoms with Crippen LogP contribution in [0.4, 0.5) is 4.79 Å². The summed E-state index contributed by atoms with van der Waals surface area (Å²) in [6.07, 6.45) is 9.46. The molecule has 5 fully saturated rings. The van der Waals surface area contributed by atoms with Crippen LogP contribution < -0.4 is 10.1 Å². The standard InChI is InChI=1S/C26H38N4O5/c1-16(2)15-35-23-20(14-27-30(23)6-5-25(3,4)29-7-8-34-24(29)32)22(31)28-21-18-9-17-10-19(21)13-26(33,11-17)12-18/h5-6,14,16-19,21,33H,7-13,15H2,1-4H3,(H,28,31). The predicted octanol–water partition coefficient (Wildman–Crippen LogP) is 3.29. The fourth-order valence-electron chi connectivity index (χ4n) is 6.71. The zero-order chi connectivity index (χ0) is 25.0. The molecular formula is C26H38N4O5. The fraction of sp³-hybridized carbons (Fsp3) is 0.731. The largest absolute Gasteiger partial charge is 0.477 e. The predicted molar refractivity (Wildman–Crippen MR) is 130 cm³/mol. The highest BCUT2D eigenvalue weighted by molar-refractivity contribution is 5.96. The van der Waals surface area contributed by atoms with Gasteiger partial charge < -0.3 is 19.9 Å². The van der Waals surface area contributed by atoms with Gasteiger partial charge in [-0.15, -0.1) is 0 Å². The van der Waals surface area contributed by atoms with Crippen molar-refractivity contribution in [3.8, 4) is 5.88 Å². The van der Waals surface area contributed by atoms with Crippen molar-refractivity contribution in [2.75, 3.05) is 19.8 Å². The highest BCUT2D eigenvalue weighted by atomic mass is 16.6. The van der Waals surface area contributed by atoms with Crippen molar-refractivity contribution in [1.82, 2.24) is 20.0 Å². The highest BCUT2D eigenvalue weighted by Crippen LogP contribution is 2.55. The molecule has 35 heavy (non-hydrogen) atoms. The summed E-state index contributed by atoms with van der Waals surface area (Å²) in [7, 11) is 0. The average Bonchev–Trinajstić information content (AvgIpc) is 3.38. The number of nitrogens with zero attached hydrogens (tertiary/aromatic N) is 3. The molecule has 4 saturated carbocycles. The van der Waals surface area contributed by atoms with E-state index >= 15 is 0 Å². The zero-order valence-electron chi connectivity index (χ0n) is 21.2. The van der Waals surface area contributed by atoms with Crippen LogP contribution in [-0.4, -0.2) is 68.7 Å². The molecular weight excluding hydrogens is 448 g/mol. The molecule has 2 amide bonds. The molecule has 2 unspecified atom stereocenters. The van der Waals surface area contributed by atoms with Crippen molar-refractivity contribution in [2.45, 2.75) is 77.0 Å². The lowest BCUT2D eigenvalue weighted by atomic mass is 9.52. The van der Waals surface area contributed by atoms with Gasteiger partial charge in [0.2, 0.25) is 5.88 Å². The lowest BCUT2D eigenvalue weighted by Crippen LogP contribution is -2.61. The summed E-state index contributed by atoms with van der Waals surface area (Å²) in [6.45, 7) is 9.33. The Morgan fingerprint density at radius 3 is 2.66 bits per heavy atom. The van der Waals surface area contributed by atoms with Crippen LogP contribution in [0, 0.1) is 23.7 Å². The van der Waals surface area contributed by atoms with E-state index in [1.54, 1.807) is 22.0 Å². The molecule has 1 aromatic rings. The summed E-state index contributed by atoms with van der Waals surface area (Å²) >= 11 is 0. The Balaban J connectivity index is 1.35. The number of carbonyl (C=O) groups excluding carboxylic acids is 2. The van der Waals surface area contributed by atoms with E-state index in [0.29, 0.717) is 49.0 Å². The van der Waals surface area contributed by atoms with Crippen LogP contribution in [0.3, 0.4) is 0 Å². The van der Waals surface area contributed by atoms with Crippen LogP contribution in [0.25, 0.3) is 6.20 Å². The summed E-state index contributed by atoms with van der Waals surface area (Å²) < 4.78 is 12.7. The van der Waals surface area contributed by atoms with Crippen molar-refractivity contribution in [2.24, 2.45) is 23.7 Å². The van der Waals surface area contributed by atoms with Crippen LogP contribution >= 0.6 is 0 Å². The normalized spacial score (nSPS) is 32.1. The van der Waals surface area contributed by atoms with E-state index < -0.39 is 11.1 Å². The number of hydrogen-bond donors (Lipinski definition) is 2. The fourth-order valence-corrected chi connectivity index (χ4v) is 6.71. The lowest BCUT2D eigenvalue weighted by molar-refractivity contribution is -0.136. The van der Waals surface area contributed by atoms with Gasteiger partial charge in [-0.1, -0.05) is 13.8 Å². The molecule has 6 rings (SSSR count). The van der Waals surface area contributed by atoms with Crippen molar-refractivity contribution in [3.05, 3.63) is 17.8 Å². The smallest absolute Gasteiger partial charge is 0.410 e. The Hall–Kier alpha value is -2.55. The molecule has 2 N–H and O–H groups in total. The van der Waals surface area contributed by atoms with Crippen molar-refractivity contribution >= 4 is 18.2 Å². The van der Waals surface area contributed by atoms with E-state index in [2.05, 4.69) is 24.3 Å². The number of nitrogens with one attached hydrogen (secondary N) is 1. The summed E-state index contributed by atoms with van der Waals surface area (Å²) in [5, 5.41) is 18.6. The maximum absolute atomic E-state index is 13.4. The molecule has 0 spiro atoms. The van der Waals surface area contributed by atoms with Crippen LogP contribution in [0.2, 0.25) is 0 Å². The number of aromatic nitrogens is 2. The molecule has 192 valence electrons. The molecule has 2 atom stereocenters. The second-order valence-electron chi connectivity index (χ2n) is 11.9. The van der Waals surface area contributed by atoms with E-state index in [1.165, 1.54) is 0 Å². The Morgan fingerprint density at radius 1 is 1.34 bits per heavy atom. The number of aliphatic hydroxyl groups is 1. The number of carbonyl (C=O) groups is 2. The van der Waals surface area contributed by atoms with Gasteiger partial charge in [0, 0.05) is 12.2 Å². The third-order valence-electron chi connectivity index (χ3n) is 8.17. The lowest BCUT2D eigenvalue weighted by Gasteiger charge is -2.58. The van der Waals surface area contributed by atoms with Crippen LogP contribution in [0.5, 0.6) is 5.88 Å². The van der Waals surface area contributed by atoms with Gasteiger partial charge >= 0.3 is 6.09 Å². The van der Waals surface area contributed by atoms with E-state index in [-0.39, 0.29) is 24.0 Å². The molecule has 1 aromatic heterocycles. The first-order chi connectivity index (χ1) is 16.5. The number of cyclic esters (lactones) is 1. The average molecular weight is 487 g/mol. The zero-order valence-corrected chi connectivity index (χ0v) is 21.2. The quantitative estimate of drug-likeness (QED) is 0.584. The number of amides is 2. The second kappa shape index (κ2) is 8.84. The minimum atomic E-state index is -0.585. The maximum Gasteiger partial charge on any atom is 0.410 e.